The number of nitrogens with one attached hydrogen (secondary N) is 2. The molecular weight excluding hydrogens is 440 g/mol. The quantitative estimate of drug-likeness (QED) is 0.628. The zero-order chi connectivity index (χ0) is 18.4. The van der Waals surface area contributed by atoms with Crippen molar-refractivity contribution in [3.8, 4) is 0 Å². The molecule has 0 aromatic carbocycles. The van der Waals surface area contributed by atoms with Crippen LogP contribution >= 0.6 is 27.3 Å². The first-order valence-electron chi connectivity index (χ1n) is 8.39. The number of anilines is 1. The van der Waals surface area contributed by atoms with E-state index in [2.05, 4.69) is 35.9 Å². The van der Waals surface area contributed by atoms with Crippen LogP contribution in [0.15, 0.2) is 38.6 Å². The van der Waals surface area contributed by atoms with Crippen LogP contribution in [0.25, 0.3) is 0 Å². The minimum Gasteiger partial charge on any atom is -0.381 e. The molecule has 10 heteroatoms. The van der Waals surface area contributed by atoms with E-state index in [0.717, 1.165) is 36.3 Å². The lowest BCUT2D eigenvalue weighted by atomic mass is 9.92. The standard InChI is InChI=1S/C16H21BrN4O3S2/c17-14-2-3-15(25-14)26(22,23)20-11-13(10-12-4-8-24-9-5-12)21-16-18-6-1-7-19-16/h1-3,6-7,12-13,20H,4-5,8-11H2,(H,18,19,21). The summed E-state index contributed by atoms with van der Waals surface area (Å²) in [5, 5.41) is 3.26. The molecule has 3 heterocycles. The fourth-order valence-corrected chi connectivity index (χ4v) is 5.99. The number of aromatic nitrogens is 2. The lowest BCUT2D eigenvalue weighted by Crippen LogP contribution is -2.38. The van der Waals surface area contributed by atoms with Gasteiger partial charge in [-0.05, 0) is 59.3 Å². The van der Waals surface area contributed by atoms with Crippen LogP contribution in [-0.4, -0.2) is 44.2 Å². The van der Waals surface area contributed by atoms with Crippen molar-refractivity contribution in [3.05, 3.63) is 34.4 Å². The Bertz CT molecular complexity index is 795. The summed E-state index contributed by atoms with van der Waals surface area (Å²) in [5.74, 6) is 0.993. The van der Waals surface area contributed by atoms with Gasteiger partial charge in [0, 0.05) is 38.2 Å². The summed E-state index contributed by atoms with van der Waals surface area (Å²) in [5.41, 5.74) is 0. The van der Waals surface area contributed by atoms with Crippen LogP contribution in [0.1, 0.15) is 19.3 Å². The summed E-state index contributed by atoms with van der Waals surface area (Å²) in [7, 11) is -3.53. The number of sulfonamides is 1. The molecule has 1 atom stereocenters. The summed E-state index contributed by atoms with van der Waals surface area (Å²) < 4.78 is 34.2. The minimum atomic E-state index is -3.53. The van der Waals surface area contributed by atoms with Crippen molar-refractivity contribution in [2.45, 2.75) is 29.5 Å². The first kappa shape index (κ1) is 19.7. The van der Waals surface area contributed by atoms with E-state index in [1.54, 1.807) is 30.6 Å². The van der Waals surface area contributed by atoms with Crippen molar-refractivity contribution < 1.29 is 13.2 Å². The van der Waals surface area contributed by atoms with E-state index in [1.807, 2.05) is 0 Å². The van der Waals surface area contributed by atoms with Crippen LogP contribution in [0.5, 0.6) is 0 Å². The molecule has 1 fully saturated rings. The molecule has 0 amide bonds. The van der Waals surface area contributed by atoms with Gasteiger partial charge in [0.2, 0.25) is 16.0 Å². The van der Waals surface area contributed by atoms with Crippen molar-refractivity contribution in [3.63, 3.8) is 0 Å². The SMILES string of the molecule is O=S(=O)(NCC(CC1CCOCC1)Nc1ncccn1)c1ccc(Br)s1. The summed E-state index contributed by atoms with van der Waals surface area (Å²) in [4.78, 5) is 8.38. The Kier molecular flexibility index (Phi) is 6.98. The Morgan fingerprint density at radius 2 is 2.00 bits per heavy atom. The average Bonchev–Trinajstić information content (AvgIpc) is 3.09. The highest BCUT2D eigenvalue weighted by Crippen LogP contribution is 2.26. The molecule has 3 rings (SSSR count). The largest absolute Gasteiger partial charge is 0.381 e. The van der Waals surface area contributed by atoms with Gasteiger partial charge in [-0.2, -0.15) is 0 Å². The van der Waals surface area contributed by atoms with E-state index in [4.69, 9.17) is 4.74 Å². The molecule has 0 aliphatic carbocycles. The van der Waals surface area contributed by atoms with Gasteiger partial charge < -0.3 is 10.1 Å². The third kappa shape index (κ3) is 5.71. The summed E-state index contributed by atoms with van der Waals surface area (Å²) >= 11 is 4.49. The van der Waals surface area contributed by atoms with Crippen molar-refractivity contribution in [1.82, 2.24) is 14.7 Å². The molecule has 1 unspecified atom stereocenters. The summed E-state index contributed by atoms with van der Waals surface area (Å²) in [6.45, 7) is 1.79. The molecule has 2 aromatic rings. The lowest BCUT2D eigenvalue weighted by molar-refractivity contribution is 0.0625. The van der Waals surface area contributed by atoms with Crippen molar-refractivity contribution >= 4 is 43.2 Å². The maximum absolute atomic E-state index is 12.5. The number of ether oxygens (including phenoxy) is 1. The molecule has 1 aliphatic rings. The van der Waals surface area contributed by atoms with Crippen LogP contribution in [-0.2, 0) is 14.8 Å². The molecule has 0 spiro atoms. The van der Waals surface area contributed by atoms with Crippen LogP contribution in [0.3, 0.4) is 0 Å². The average molecular weight is 461 g/mol. The Balaban J connectivity index is 1.66. The van der Waals surface area contributed by atoms with E-state index < -0.39 is 10.0 Å². The van der Waals surface area contributed by atoms with Crippen LogP contribution < -0.4 is 10.0 Å². The third-order valence-electron chi connectivity index (χ3n) is 4.19. The number of thiophene rings is 1. The second kappa shape index (κ2) is 9.23. The second-order valence-corrected chi connectivity index (χ2v) is 10.6. The van der Waals surface area contributed by atoms with E-state index >= 15 is 0 Å². The Morgan fingerprint density at radius 3 is 2.65 bits per heavy atom. The normalized spacial score (nSPS) is 17.1. The fourth-order valence-electron chi connectivity index (χ4n) is 2.86. The van der Waals surface area contributed by atoms with E-state index in [1.165, 1.54) is 11.3 Å². The maximum atomic E-state index is 12.5. The first-order chi connectivity index (χ1) is 12.5. The highest BCUT2D eigenvalue weighted by Gasteiger charge is 2.23. The van der Waals surface area contributed by atoms with Crippen LogP contribution in [0.4, 0.5) is 5.95 Å². The molecular formula is C16H21BrN4O3S2. The first-order valence-corrected chi connectivity index (χ1v) is 11.5. The smallest absolute Gasteiger partial charge is 0.250 e. The fraction of sp³-hybridized carbons (Fsp3) is 0.500. The zero-order valence-electron chi connectivity index (χ0n) is 14.1. The molecule has 0 saturated carbocycles. The third-order valence-corrected chi connectivity index (χ3v) is 7.73. The van der Waals surface area contributed by atoms with E-state index in [0.29, 0.717) is 16.1 Å². The molecule has 2 aromatic heterocycles. The van der Waals surface area contributed by atoms with Gasteiger partial charge in [0.05, 0.1) is 3.79 Å². The number of hydrogen-bond acceptors (Lipinski definition) is 7. The molecule has 0 radical (unpaired) electrons. The maximum Gasteiger partial charge on any atom is 0.250 e. The monoisotopic (exact) mass is 460 g/mol. The molecule has 1 saturated heterocycles. The molecule has 2 N–H and O–H groups in total. The van der Waals surface area contributed by atoms with Crippen molar-refractivity contribution in [1.29, 1.82) is 0 Å². The Hall–Kier alpha value is -1.07. The van der Waals surface area contributed by atoms with Crippen molar-refractivity contribution in [2.24, 2.45) is 5.92 Å². The van der Waals surface area contributed by atoms with Gasteiger partial charge in [-0.25, -0.2) is 23.1 Å². The predicted octanol–water partition coefficient (Wildman–Crippen LogP) is 2.88. The number of hydrogen-bond donors (Lipinski definition) is 2. The second-order valence-electron chi connectivity index (χ2n) is 6.12. The Labute approximate surface area is 165 Å². The number of rotatable bonds is 8. The summed E-state index contributed by atoms with van der Waals surface area (Å²) in [6.07, 6.45) is 6.12. The zero-order valence-corrected chi connectivity index (χ0v) is 17.3. The Morgan fingerprint density at radius 1 is 1.27 bits per heavy atom. The molecule has 7 nitrogen and oxygen atoms in total. The molecule has 26 heavy (non-hydrogen) atoms. The van der Waals surface area contributed by atoms with Crippen LogP contribution in [0, 0.1) is 5.92 Å². The number of nitrogens with zero attached hydrogens (tertiary/aromatic N) is 2. The van der Waals surface area contributed by atoms with Gasteiger partial charge in [-0.1, -0.05) is 0 Å². The molecule has 1 aliphatic heterocycles. The highest BCUT2D eigenvalue weighted by atomic mass is 79.9. The van der Waals surface area contributed by atoms with Gasteiger partial charge in [0.15, 0.2) is 0 Å². The summed E-state index contributed by atoms with van der Waals surface area (Å²) in [6, 6.07) is 4.97. The molecule has 0 bridgehead atoms. The highest BCUT2D eigenvalue weighted by molar-refractivity contribution is 9.11. The van der Waals surface area contributed by atoms with Gasteiger partial charge in [-0.3, -0.25) is 0 Å². The van der Waals surface area contributed by atoms with Crippen LogP contribution in [0.2, 0.25) is 0 Å². The van der Waals surface area contributed by atoms with Gasteiger partial charge in [-0.15, -0.1) is 11.3 Å². The van der Waals surface area contributed by atoms with E-state index in [9.17, 15) is 8.42 Å². The van der Waals surface area contributed by atoms with E-state index in [-0.39, 0.29) is 12.6 Å². The minimum absolute atomic E-state index is 0.0984. The topological polar surface area (TPSA) is 93.2 Å². The lowest BCUT2D eigenvalue weighted by Gasteiger charge is -2.27. The molecule has 142 valence electrons. The number of halogens is 1. The van der Waals surface area contributed by atoms with Gasteiger partial charge in [0.25, 0.3) is 0 Å². The predicted molar refractivity (Wildman–Crippen MR) is 105 cm³/mol. The van der Waals surface area contributed by atoms with Gasteiger partial charge >= 0.3 is 0 Å². The van der Waals surface area contributed by atoms with Gasteiger partial charge in [0.1, 0.15) is 4.21 Å². The van der Waals surface area contributed by atoms with Crippen molar-refractivity contribution in [2.75, 3.05) is 25.1 Å².